The van der Waals surface area contributed by atoms with Crippen LogP contribution in [0.3, 0.4) is 0 Å². The van der Waals surface area contributed by atoms with Gasteiger partial charge in [0.2, 0.25) is 5.91 Å². The van der Waals surface area contributed by atoms with Crippen LogP contribution in [0.4, 0.5) is 5.82 Å². The molecular formula is C19H29N5O. The minimum Gasteiger partial charge on any atom is -0.355 e. The van der Waals surface area contributed by atoms with E-state index in [9.17, 15) is 4.79 Å². The van der Waals surface area contributed by atoms with Gasteiger partial charge in [-0.1, -0.05) is 11.6 Å². The zero-order valence-electron chi connectivity index (χ0n) is 14.9. The summed E-state index contributed by atoms with van der Waals surface area (Å²) in [5.41, 5.74) is 1.50. The Morgan fingerprint density at radius 2 is 2.28 bits per heavy atom. The monoisotopic (exact) mass is 343 g/mol. The molecule has 0 radical (unpaired) electrons. The molecule has 1 amide bonds. The fraction of sp³-hybridized carbons (Fsp3) is 0.632. The maximum atomic E-state index is 12.0. The summed E-state index contributed by atoms with van der Waals surface area (Å²) in [7, 11) is 0. The summed E-state index contributed by atoms with van der Waals surface area (Å²) >= 11 is 0. The van der Waals surface area contributed by atoms with Crippen LogP contribution >= 0.6 is 0 Å². The molecular weight excluding hydrogens is 314 g/mol. The molecule has 0 bridgehead atoms. The summed E-state index contributed by atoms with van der Waals surface area (Å²) in [5, 5.41) is 14.5. The van der Waals surface area contributed by atoms with Crippen LogP contribution < -0.4 is 15.5 Å². The Morgan fingerprint density at radius 1 is 1.32 bits per heavy atom. The van der Waals surface area contributed by atoms with Gasteiger partial charge in [-0.3, -0.25) is 4.79 Å². The zero-order valence-corrected chi connectivity index (χ0v) is 14.9. The van der Waals surface area contributed by atoms with Gasteiger partial charge in [-0.15, -0.1) is 5.10 Å². The number of nitrogens with zero attached hydrogens (tertiary/aromatic N) is 3. The van der Waals surface area contributed by atoms with Gasteiger partial charge in [-0.25, -0.2) is 0 Å². The molecule has 0 unspecified atom stereocenters. The van der Waals surface area contributed by atoms with Gasteiger partial charge in [0.1, 0.15) is 0 Å². The van der Waals surface area contributed by atoms with Crippen molar-refractivity contribution in [3.8, 4) is 0 Å². The van der Waals surface area contributed by atoms with Gasteiger partial charge in [-0.2, -0.15) is 5.10 Å². The van der Waals surface area contributed by atoms with Crippen LogP contribution in [0.2, 0.25) is 0 Å². The van der Waals surface area contributed by atoms with E-state index < -0.39 is 0 Å². The van der Waals surface area contributed by atoms with Crippen molar-refractivity contribution >= 4 is 11.7 Å². The number of allylic oxidation sites excluding steroid dienone is 1. The number of carbonyl (C=O) groups excluding carboxylic acids is 1. The van der Waals surface area contributed by atoms with Crippen LogP contribution in [0.25, 0.3) is 0 Å². The van der Waals surface area contributed by atoms with Gasteiger partial charge >= 0.3 is 0 Å². The lowest BCUT2D eigenvalue weighted by Crippen LogP contribution is -2.42. The van der Waals surface area contributed by atoms with E-state index in [0.29, 0.717) is 12.6 Å². The molecule has 0 saturated carbocycles. The van der Waals surface area contributed by atoms with Crippen molar-refractivity contribution in [3.63, 3.8) is 0 Å². The Bertz CT molecular complexity index is 574. The molecule has 6 nitrogen and oxygen atoms in total. The minimum atomic E-state index is 0.0838. The molecule has 1 aromatic heterocycles. The van der Waals surface area contributed by atoms with Crippen LogP contribution in [0.5, 0.6) is 0 Å². The van der Waals surface area contributed by atoms with Crippen molar-refractivity contribution < 1.29 is 4.79 Å². The van der Waals surface area contributed by atoms with Gasteiger partial charge in [-0.05, 0) is 57.1 Å². The molecule has 3 rings (SSSR count). The predicted molar refractivity (Wildman–Crippen MR) is 99.4 cm³/mol. The number of carbonyl (C=O) groups is 1. The van der Waals surface area contributed by atoms with Crippen molar-refractivity contribution in [1.29, 1.82) is 0 Å². The number of hydrogen-bond donors (Lipinski definition) is 2. The summed E-state index contributed by atoms with van der Waals surface area (Å²) in [6.45, 7) is 2.94. The summed E-state index contributed by atoms with van der Waals surface area (Å²) in [6.07, 6.45) is 12.3. The largest absolute Gasteiger partial charge is 0.355 e. The van der Waals surface area contributed by atoms with Gasteiger partial charge in [0.25, 0.3) is 0 Å². The average Bonchev–Trinajstić information content (AvgIpc) is 3.12. The first-order valence-corrected chi connectivity index (χ1v) is 9.52. The van der Waals surface area contributed by atoms with Gasteiger partial charge in [0.05, 0.1) is 6.54 Å². The fourth-order valence-electron chi connectivity index (χ4n) is 3.71. The third-order valence-corrected chi connectivity index (χ3v) is 5.05. The van der Waals surface area contributed by atoms with Crippen LogP contribution in [0.15, 0.2) is 30.0 Å². The minimum absolute atomic E-state index is 0.0838. The maximum absolute atomic E-state index is 12.0. The molecule has 2 aliphatic rings. The lowest BCUT2D eigenvalue weighted by atomic mass is 9.97. The Kier molecular flexibility index (Phi) is 6.79. The molecule has 1 aliphatic heterocycles. The van der Waals surface area contributed by atoms with E-state index in [1.807, 2.05) is 12.1 Å². The molecule has 1 atom stereocenters. The lowest BCUT2D eigenvalue weighted by Gasteiger charge is -2.25. The van der Waals surface area contributed by atoms with Crippen LogP contribution in [0.1, 0.15) is 44.9 Å². The van der Waals surface area contributed by atoms with Gasteiger partial charge in [0.15, 0.2) is 5.82 Å². The number of aromatic nitrogens is 2. The third kappa shape index (κ3) is 5.53. The van der Waals surface area contributed by atoms with E-state index in [0.717, 1.165) is 44.7 Å². The number of anilines is 1. The highest BCUT2D eigenvalue weighted by molar-refractivity contribution is 5.77. The van der Waals surface area contributed by atoms with Crippen molar-refractivity contribution in [2.75, 3.05) is 31.1 Å². The van der Waals surface area contributed by atoms with Crippen molar-refractivity contribution in [3.05, 3.63) is 30.0 Å². The van der Waals surface area contributed by atoms with Crippen molar-refractivity contribution in [2.45, 2.75) is 51.0 Å². The van der Waals surface area contributed by atoms with E-state index in [1.54, 1.807) is 6.20 Å². The van der Waals surface area contributed by atoms with Crippen LogP contribution in [-0.2, 0) is 4.79 Å². The SMILES string of the molecule is O=C(CNC[C@H]1CCCN1c1cccnn1)NCCC1=CCCCC1. The summed E-state index contributed by atoms with van der Waals surface area (Å²) < 4.78 is 0. The highest BCUT2D eigenvalue weighted by atomic mass is 16.1. The number of nitrogens with one attached hydrogen (secondary N) is 2. The number of hydrogen-bond acceptors (Lipinski definition) is 5. The highest BCUT2D eigenvalue weighted by Crippen LogP contribution is 2.22. The second kappa shape index (κ2) is 9.51. The fourth-order valence-corrected chi connectivity index (χ4v) is 3.71. The van der Waals surface area contributed by atoms with E-state index >= 15 is 0 Å². The topological polar surface area (TPSA) is 70.2 Å². The van der Waals surface area contributed by atoms with E-state index in [-0.39, 0.29) is 5.91 Å². The second-order valence-electron chi connectivity index (χ2n) is 6.91. The lowest BCUT2D eigenvalue weighted by molar-refractivity contribution is -0.120. The van der Waals surface area contributed by atoms with E-state index in [2.05, 4.69) is 31.8 Å². The number of rotatable bonds is 8. The molecule has 136 valence electrons. The third-order valence-electron chi connectivity index (χ3n) is 5.05. The molecule has 6 heteroatoms. The van der Waals surface area contributed by atoms with Crippen molar-refractivity contribution in [1.82, 2.24) is 20.8 Å². The summed E-state index contributed by atoms with van der Waals surface area (Å²) in [5.74, 6) is 1.01. The van der Waals surface area contributed by atoms with Gasteiger partial charge < -0.3 is 15.5 Å². The quantitative estimate of drug-likeness (QED) is 0.707. The molecule has 0 aromatic carbocycles. The molecule has 2 N–H and O–H groups in total. The first kappa shape index (κ1) is 17.9. The normalized spacial score (nSPS) is 20.4. The standard InChI is InChI=1S/C19H29N5O/c25-19(21-12-10-16-6-2-1-3-7-16)15-20-14-17-8-5-13-24(17)18-9-4-11-22-23-18/h4,6,9,11,17,20H,1-3,5,7-8,10,12-15H2,(H,21,25)/t17-/m1/s1. The molecule has 1 aliphatic carbocycles. The Hall–Kier alpha value is -1.95. The van der Waals surface area contributed by atoms with Crippen LogP contribution in [0, 0.1) is 0 Å². The van der Waals surface area contributed by atoms with E-state index in [1.165, 1.54) is 31.3 Å². The molecule has 1 aromatic rings. The summed E-state index contributed by atoms with van der Waals surface area (Å²) in [6, 6.07) is 4.30. The smallest absolute Gasteiger partial charge is 0.233 e. The maximum Gasteiger partial charge on any atom is 0.233 e. The van der Waals surface area contributed by atoms with E-state index in [4.69, 9.17) is 0 Å². The average molecular weight is 343 g/mol. The Balaban J connectivity index is 1.33. The molecule has 2 heterocycles. The molecule has 1 fully saturated rings. The first-order valence-electron chi connectivity index (χ1n) is 9.52. The second-order valence-corrected chi connectivity index (χ2v) is 6.91. The summed E-state index contributed by atoms with van der Waals surface area (Å²) in [4.78, 5) is 14.3. The van der Waals surface area contributed by atoms with Crippen molar-refractivity contribution in [2.24, 2.45) is 0 Å². The molecule has 25 heavy (non-hydrogen) atoms. The zero-order chi connectivity index (χ0) is 17.3. The van der Waals surface area contributed by atoms with Crippen LogP contribution in [-0.4, -0.2) is 48.3 Å². The Morgan fingerprint density at radius 3 is 3.08 bits per heavy atom. The highest BCUT2D eigenvalue weighted by Gasteiger charge is 2.25. The number of amides is 1. The Labute approximate surface area is 150 Å². The molecule has 1 saturated heterocycles. The first-order chi connectivity index (χ1) is 12.3. The predicted octanol–water partition coefficient (Wildman–Crippen LogP) is 2.04. The molecule has 0 spiro atoms. The van der Waals surface area contributed by atoms with Gasteiger partial charge in [0, 0.05) is 31.9 Å².